The van der Waals surface area contributed by atoms with Crippen LogP contribution in [-0.4, -0.2) is 13.0 Å². The third-order valence-corrected chi connectivity index (χ3v) is 2.48. The fourth-order valence-corrected chi connectivity index (χ4v) is 1.34. The molecule has 0 bridgehead atoms. The fraction of sp³-hybridized carbons (Fsp3) is 0. The number of halogens is 1. The topological polar surface area (TPSA) is 57.2 Å². The molecule has 0 unspecified atom stereocenters. The summed E-state index contributed by atoms with van der Waals surface area (Å²) in [5.74, 6) is 0. The number of benzene rings is 1. The summed E-state index contributed by atoms with van der Waals surface area (Å²) in [6, 6.07) is 5.52. The van der Waals surface area contributed by atoms with Gasteiger partial charge in [0.1, 0.15) is 10.1 Å². The first-order chi connectivity index (χ1) is 5.00. The molecule has 1 aromatic rings. The molecule has 1 rings (SSSR count). The third-order valence-electron chi connectivity index (χ3n) is 1.10. The van der Waals surface area contributed by atoms with E-state index in [0.717, 1.165) is 4.47 Å². The Balaban J connectivity index is 0.00000121. The van der Waals surface area contributed by atoms with Gasteiger partial charge in [-0.3, -0.25) is 0 Å². The van der Waals surface area contributed by atoms with Crippen molar-refractivity contribution in [3.8, 4) is 0 Å². The molecule has 60 valence electrons. The molecule has 0 aliphatic carbocycles. The van der Waals surface area contributed by atoms with Crippen LogP contribution in [0.4, 0.5) is 0 Å². The third kappa shape index (κ3) is 3.97. The van der Waals surface area contributed by atoms with Crippen molar-refractivity contribution in [3.63, 3.8) is 0 Å². The minimum absolute atomic E-state index is 0. The van der Waals surface area contributed by atoms with Gasteiger partial charge in [0.25, 0.3) is 0 Å². The van der Waals surface area contributed by atoms with Gasteiger partial charge in [-0.25, -0.2) is 8.42 Å². The van der Waals surface area contributed by atoms with Gasteiger partial charge < -0.3 is 4.55 Å². The summed E-state index contributed by atoms with van der Waals surface area (Å²) >= 11 is 3.12. The van der Waals surface area contributed by atoms with Gasteiger partial charge >= 0.3 is 51.4 Å². The van der Waals surface area contributed by atoms with Crippen molar-refractivity contribution in [2.24, 2.45) is 0 Å². The number of rotatable bonds is 1. The molecule has 0 saturated carbocycles. The van der Waals surface area contributed by atoms with Crippen LogP contribution in [0.2, 0.25) is 0 Å². The van der Waals surface area contributed by atoms with Gasteiger partial charge in [-0.05, 0) is 24.3 Å². The average molecular weight is 275 g/mol. The predicted molar refractivity (Wildman–Crippen MR) is 42.1 cm³/mol. The zero-order valence-electron chi connectivity index (χ0n) is 6.32. The SMILES string of the molecule is O=S(=O)([O-])c1ccc(Br)cc1.[K+]. The maximum Gasteiger partial charge on any atom is 1.00 e. The second kappa shape index (κ2) is 5.21. The van der Waals surface area contributed by atoms with Crippen LogP contribution in [0, 0.1) is 0 Å². The molecule has 6 heteroatoms. The molecule has 0 aromatic heterocycles. The minimum Gasteiger partial charge on any atom is -0.744 e. The van der Waals surface area contributed by atoms with E-state index < -0.39 is 10.1 Å². The van der Waals surface area contributed by atoms with Crippen LogP contribution in [0.5, 0.6) is 0 Å². The van der Waals surface area contributed by atoms with Crippen molar-refractivity contribution in [2.45, 2.75) is 4.90 Å². The van der Waals surface area contributed by atoms with Gasteiger partial charge in [0.2, 0.25) is 0 Å². The van der Waals surface area contributed by atoms with Crippen LogP contribution >= 0.6 is 15.9 Å². The molecule has 3 nitrogen and oxygen atoms in total. The summed E-state index contributed by atoms with van der Waals surface area (Å²) in [5, 5.41) is 0. The smallest absolute Gasteiger partial charge is 0.744 e. The quantitative estimate of drug-likeness (QED) is 0.456. The van der Waals surface area contributed by atoms with Gasteiger partial charge in [-0.15, -0.1) is 0 Å². The van der Waals surface area contributed by atoms with Gasteiger partial charge in [0, 0.05) is 4.47 Å². The van der Waals surface area contributed by atoms with E-state index in [-0.39, 0.29) is 56.3 Å². The van der Waals surface area contributed by atoms with Gasteiger partial charge in [-0.2, -0.15) is 0 Å². The molecule has 0 amide bonds. The Labute approximate surface area is 122 Å². The van der Waals surface area contributed by atoms with Crippen LogP contribution in [0.15, 0.2) is 33.6 Å². The van der Waals surface area contributed by atoms with E-state index in [1.807, 2.05) is 0 Å². The molecule has 0 fully saturated rings. The second-order valence-corrected chi connectivity index (χ2v) is 4.20. The molecule has 0 radical (unpaired) electrons. The number of hydrogen-bond acceptors (Lipinski definition) is 3. The van der Waals surface area contributed by atoms with Crippen molar-refractivity contribution in [2.75, 3.05) is 0 Å². The van der Waals surface area contributed by atoms with Crippen LogP contribution in [0.25, 0.3) is 0 Å². The molecule has 0 aliphatic heterocycles. The molecule has 0 aliphatic rings. The van der Waals surface area contributed by atoms with Crippen LogP contribution in [0.3, 0.4) is 0 Å². The van der Waals surface area contributed by atoms with Gasteiger partial charge in [0.15, 0.2) is 0 Å². The predicted octanol–water partition coefficient (Wildman–Crippen LogP) is -1.64. The van der Waals surface area contributed by atoms with Gasteiger partial charge in [0.05, 0.1) is 4.90 Å². The molecule has 0 N–H and O–H groups in total. The summed E-state index contributed by atoms with van der Waals surface area (Å²) in [6.45, 7) is 0. The molecular weight excluding hydrogens is 271 g/mol. The van der Waals surface area contributed by atoms with E-state index in [1.165, 1.54) is 24.3 Å². The zero-order chi connectivity index (χ0) is 8.48. The summed E-state index contributed by atoms with van der Waals surface area (Å²) in [7, 11) is -4.29. The Hall–Kier alpha value is 1.25. The van der Waals surface area contributed by atoms with Crippen LogP contribution < -0.4 is 51.4 Å². The Morgan fingerprint density at radius 3 is 1.92 bits per heavy atom. The van der Waals surface area contributed by atoms with E-state index in [9.17, 15) is 13.0 Å². The molecule has 0 heterocycles. The monoisotopic (exact) mass is 274 g/mol. The van der Waals surface area contributed by atoms with E-state index in [0.29, 0.717) is 0 Å². The molecule has 0 saturated heterocycles. The molecule has 1 aromatic carbocycles. The standard InChI is InChI=1S/C6H5BrO3S.K/c7-5-1-3-6(4-2-5)11(8,9)10;/h1-4H,(H,8,9,10);/q;+1/p-1. The van der Waals surface area contributed by atoms with E-state index >= 15 is 0 Å². The van der Waals surface area contributed by atoms with Crippen LogP contribution in [-0.2, 0) is 10.1 Å². The van der Waals surface area contributed by atoms with Crippen molar-refractivity contribution in [3.05, 3.63) is 28.7 Å². The van der Waals surface area contributed by atoms with Crippen molar-refractivity contribution < 1.29 is 64.4 Å². The summed E-state index contributed by atoms with van der Waals surface area (Å²) in [5.41, 5.74) is 0. The summed E-state index contributed by atoms with van der Waals surface area (Å²) in [4.78, 5) is -0.208. The zero-order valence-corrected chi connectivity index (χ0v) is 11.8. The molecule has 12 heavy (non-hydrogen) atoms. The van der Waals surface area contributed by atoms with E-state index in [1.54, 1.807) is 0 Å². The minimum atomic E-state index is -4.29. The normalized spacial score (nSPS) is 10.5. The average Bonchev–Trinajstić information content (AvgIpc) is 1.86. The fourth-order valence-electron chi connectivity index (χ4n) is 0.601. The summed E-state index contributed by atoms with van der Waals surface area (Å²) < 4.78 is 31.9. The largest absolute Gasteiger partial charge is 1.00 e. The molecule has 0 spiro atoms. The Morgan fingerprint density at radius 2 is 1.58 bits per heavy atom. The molecular formula is C6H4BrKO3S. The first-order valence-electron chi connectivity index (χ1n) is 2.71. The van der Waals surface area contributed by atoms with E-state index in [2.05, 4.69) is 15.9 Å². The Morgan fingerprint density at radius 1 is 1.17 bits per heavy atom. The maximum absolute atomic E-state index is 10.4. The summed E-state index contributed by atoms with van der Waals surface area (Å²) in [6.07, 6.45) is 0. The first-order valence-corrected chi connectivity index (χ1v) is 4.92. The van der Waals surface area contributed by atoms with Crippen molar-refractivity contribution in [1.29, 1.82) is 0 Å². The van der Waals surface area contributed by atoms with Gasteiger partial charge in [-0.1, -0.05) is 15.9 Å². The first kappa shape index (κ1) is 13.2. The van der Waals surface area contributed by atoms with Crippen molar-refractivity contribution in [1.82, 2.24) is 0 Å². The number of hydrogen-bond donors (Lipinski definition) is 0. The Kier molecular flexibility index (Phi) is 5.75. The second-order valence-electron chi connectivity index (χ2n) is 1.91. The Bertz CT molecular complexity index is 346. The van der Waals surface area contributed by atoms with Crippen molar-refractivity contribution >= 4 is 26.0 Å². The van der Waals surface area contributed by atoms with E-state index in [4.69, 9.17) is 0 Å². The maximum atomic E-state index is 10.4. The van der Waals surface area contributed by atoms with Crippen LogP contribution in [0.1, 0.15) is 0 Å². The molecule has 0 atom stereocenters.